The summed E-state index contributed by atoms with van der Waals surface area (Å²) < 4.78 is 39.1. The number of alkyl halides is 3. The van der Waals surface area contributed by atoms with Crippen LogP contribution >= 0.6 is 11.6 Å². The van der Waals surface area contributed by atoms with Crippen LogP contribution in [0.15, 0.2) is 24.3 Å². The van der Waals surface area contributed by atoms with E-state index in [0.29, 0.717) is 30.0 Å². The van der Waals surface area contributed by atoms with Gasteiger partial charge in [0.2, 0.25) is 11.8 Å². The number of nitrogens with one attached hydrogen (secondary N) is 2. The van der Waals surface area contributed by atoms with Gasteiger partial charge in [-0.05, 0) is 43.5 Å². The molecule has 1 aliphatic carbocycles. The lowest BCUT2D eigenvalue weighted by Gasteiger charge is -2.32. The van der Waals surface area contributed by atoms with Crippen molar-refractivity contribution in [2.75, 3.05) is 11.9 Å². The molecule has 0 spiro atoms. The Hall–Kier alpha value is -1.76. The lowest BCUT2D eigenvalue weighted by atomic mass is 9.78. The Morgan fingerprint density at radius 3 is 2.42 bits per heavy atom. The molecule has 1 aliphatic rings. The fourth-order valence-corrected chi connectivity index (χ4v) is 3.31. The number of rotatable bonds is 6. The molecule has 4 nitrogen and oxygen atoms in total. The highest BCUT2D eigenvalue weighted by molar-refractivity contribution is 6.30. The van der Waals surface area contributed by atoms with Crippen LogP contribution in [0.2, 0.25) is 5.02 Å². The minimum Gasteiger partial charge on any atom is -0.356 e. The van der Waals surface area contributed by atoms with Crippen LogP contribution in [-0.2, 0) is 9.59 Å². The van der Waals surface area contributed by atoms with E-state index in [4.69, 9.17) is 11.6 Å². The number of anilines is 1. The Morgan fingerprint density at radius 2 is 1.77 bits per heavy atom. The maximum Gasteiger partial charge on any atom is 0.392 e. The molecule has 1 fully saturated rings. The van der Waals surface area contributed by atoms with Gasteiger partial charge < -0.3 is 10.6 Å². The summed E-state index contributed by atoms with van der Waals surface area (Å²) in [6, 6.07) is 6.64. The van der Waals surface area contributed by atoms with Crippen molar-refractivity contribution in [3.05, 3.63) is 29.3 Å². The smallest absolute Gasteiger partial charge is 0.356 e. The molecule has 1 aromatic carbocycles. The minimum absolute atomic E-state index is 0.00504. The fraction of sp³-hybridized carbons (Fsp3) is 0.556. The predicted octanol–water partition coefficient (Wildman–Crippen LogP) is 4.54. The highest BCUT2D eigenvalue weighted by atomic mass is 35.5. The molecular formula is C18H22ClF3N2O2. The Bertz CT molecular complexity index is 620. The second-order valence-electron chi connectivity index (χ2n) is 6.49. The van der Waals surface area contributed by atoms with E-state index >= 15 is 0 Å². The number of halogens is 4. The second kappa shape index (κ2) is 9.26. The van der Waals surface area contributed by atoms with Crippen molar-refractivity contribution in [2.45, 2.75) is 44.7 Å². The van der Waals surface area contributed by atoms with Crippen LogP contribution in [0.4, 0.5) is 18.9 Å². The van der Waals surface area contributed by atoms with Crippen molar-refractivity contribution in [2.24, 2.45) is 11.8 Å². The van der Waals surface area contributed by atoms with Gasteiger partial charge in [-0.15, -0.1) is 0 Å². The molecule has 1 saturated carbocycles. The lowest BCUT2D eigenvalue weighted by molar-refractivity contribution is -0.198. The summed E-state index contributed by atoms with van der Waals surface area (Å²) in [7, 11) is 0. The summed E-state index contributed by atoms with van der Waals surface area (Å²) in [4.78, 5) is 23.9. The summed E-state index contributed by atoms with van der Waals surface area (Å²) in [5, 5.41) is 5.79. The Labute approximate surface area is 155 Å². The van der Waals surface area contributed by atoms with Crippen molar-refractivity contribution < 1.29 is 22.8 Å². The molecule has 26 heavy (non-hydrogen) atoms. The zero-order valence-corrected chi connectivity index (χ0v) is 15.0. The van der Waals surface area contributed by atoms with Crippen molar-refractivity contribution in [3.8, 4) is 0 Å². The van der Waals surface area contributed by atoms with E-state index < -0.39 is 23.9 Å². The normalized spacial score (nSPS) is 20.5. The van der Waals surface area contributed by atoms with Crippen LogP contribution < -0.4 is 10.6 Å². The van der Waals surface area contributed by atoms with E-state index in [-0.39, 0.29) is 31.7 Å². The van der Waals surface area contributed by atoms with Gasteiger partial charge in [0.05, 0.1) is 5.92 Å². The molecule has 2 rings (SSSR count). The molecule has 2 amide bonds. The Balaban J connectivity index is 1.72. The van der Waals surface area contributed by atoms with Crippen LogP contribution in [0.3, 0.4) is 0 Å². The number of carbonyl (C=O) groups excluding carboxylic acids is 2. The summed E-state index contributed by atoms with van der Waals surface area (Å²) in [6.45, 7) is 0.175. The van der Waals surface area contributed by atoms with Gasteiger partial charge in [0.1, 0.15) is 0 Å². The van der Waals surface area contributed by atoms with Gasteiger partial charge in [0.25, 0.3) is 0 Å². The van der Waals surface area contributed by atoms with E-state index in [1.54, 1.807) is 24.3 Å². The Kier molecular flexibility index (Phi) is 7.32. The summed E-state index contributed by atoms with van der Waals surface area (Å²) in [5.74, 6) is -3.38. The summed E-state index contributed by atoms with van der Waals surface area (Å²) >= 11 is 5.76. The third-order valence-electron chi connectivity index (χ3n) is 4.53. The first-order valence-electron chi connectivity index (χ1n) is 8.67. The molecule has 0 bridgehead atoms. The third-order valence-corrected chi connectivity index (χ3v) is 4.78. The summed E-state index contributed by atoms with van der Waals surface area (Å²) in [6.07, 6.45) is -2.43. The predicted molar refractivity (Wildman–Crippen MR) is 93.8 cm³/mol. The lowest BCUT2D eigenvalue weighted by Crippen LogP contribution is -2.42. The third kappa shape index (κ3) is 6.20. The van der Waals surface area contributed by atoms with E-state index in [9.17, 15) is 22.8 Å². The zero-order chi connectivity index (χ0) is 19.2. The van der Waals surface area contributed by atoms with Crippen molar-refractivity contribution in [3.63, 3.8) is 0 Å². The van der Waals surface area contributed by atoms with E-state index in [1.165, 1.54) is 0 Å². The standard InChI is InChI=1S/C18H22ClF3N2O2/c19-12-7-9-13(10-8-12)24-16(25)6-3-11-23-17(26)14-4-1-2-5-15(14)18(20,21)22/h7-10,14-15H,1-6,11H2,(H,23,26)(H,24,25). The highest BCUT2D eigenvalue weighted by Crippen LogP contribution is 2.41. The molecule has 0 aliphatic heterocycles. The quantitative estimate of drug-likeness (QED) is 0.700. The first kappa shape index (κ1) is 20.6. The number of benzene rings is 1. The van der Waals surface area contributed by atoms with Gasteiger partial charge in [0.15, 0.2) is 0 Å². The highest BCUT2D eigenvalue weighted by Gasteiger charge is 2.47. The SMILES string of the molecule is O=C(CCCNC(=O)C1CCCCC1C(F)(F)F)Nc1ccc(Cl)cc1. The minimum atomic E-state index is -4.35. The van der Waals surface area contributed by atoms with Crippen molar-refractivity contribution >= 4 is 29.1 Å². The first-order valence-corrected chi connectivity index (χ1v) is 9.05. The maximum absolute atomic E-state index is 13.0. The van der Waals surface area contributed by atoms with Gasteiger partial charge in [-0.1, -0.05) is 24.4 Å². The Morgan fingerprint density at radius 1 is 1.12 bits per heavy atom. The molecule has 0 heterocycles. The average molecular weight is 391 g/mol. The van der Waals surface area contributed by atoms with Gasteiger partial charge >= 0.3 is 6.18 Å². The fourth-order valence-electron chi connectivity index (χ4n) is 3.18. The molecular weight excluding hydrogens is 369 g/mol. The van der Waals surface area contributed by atoms with E-state index in [1.807, 2.05) is 0 Å². The maximum atomic E-state index is 13.0. The molecule has 0 aromatic heterocycles. The first-order chi connectivity index (χ1) is 12.3. The molecule has 0 radical (unpaired) electrons. The topological polar surface area (TPSA) is 58.2 Å². The molecule has 2 unspecified atom stereocenters. The summed E-state index contributed by atoms with van der Waals surface area (Å²) in [5.41, 5.74) is 0.610. The monoisotopic (exact) mass is 390 g/mol. The van der Waals surface area contributed by atoms with Crippen LogP contribution in [0.5, 0.6) is 0 Å². The van der Waals surface area contributed by atoms with Crippen LogP contribution in [0.25, 0.3) is 0 Å². The van der Waals surface area contributed by atoms with E-state index in [2.05, 4.69) is 10.6 Å². The molecule has 144 valence electrons. The van der Waals surface area contributed by atoms with Crippen molar-refractivity contribution in [1.29, 1.82) is 0 Å². The molecule has 0 saturated heterocycles. The van der Waals surface area contributed by atoms with Gasteiger partial charge in [-0.3, -0.25) is 9.59 Å². The number of hydrogen-bond acceptors (Lipinski definition) is 2. The largest absolute Gasteiger partial charge is 0.392 e. The van der Waals surface area contributed by atoms with Crippen LogP contribution in [0.1, 0.15) is 38.5 Å². The molecule has 1 aromatic rings. The number of amides is 2. The van der Waals surface area contributed by atoms with Crippen LogP contribution in [0, 0.1) is 11.8 Å². The molecule has 2 N–H and O–H groups in total. The van der Waals surface area contributed by atoms with Gasteiger partial charge in [-0.25, -0.2) is 0 Å². The molecule has 2 atom stereocenters. The van der Waals surface area contributed by atoms with Gasteiger partial charge in [-0.2, -0.15) is 13.2 Å². The zero-order valence-electron chi connectivity index (χ0n) is 14.2. The average Bonchev–Trinajstić information content (AvgIpc) is 2.60. The van der Waals surface area contributed by atoms with Gasteiger partial charge in [0, 0.05) is 29.6 Å². The molecule has 8 heteroatoms. The number of hydrogen-bond donors (Lipinski definition) is 2. The van der Waals surface area contributed by atoms with Crippen molar-refractivity contribution in [1.82, 2.24) is 5.32 Å². The van der Waals surface area contributed by atoms with E-state index in [0.717, 1.165) is 0 Å². The number of carbonyl (C=O) groups is 2. The second-order valence-corrected chi connectivity index (χ2v) is 6.93. The van der Waals surface area contributed by atoms with Crippen LogP contribution in [-0.4, -0.2) is 24.5 Å².